The van der Waals surface area contributed by atoms with Crippen LogP contribution in [0.15, 0.2) is 112 Å². The summed E-state index contributed by atoms with van der Waals surface area (Å²) in [7, 11) is -0.368. The molecule has 12 heterocycles. The molecule has 1 aliphatic heterocycles. The van der Waals surface area contributed by atoms with Gasteiger partial charge in [0.25, 0.3) is 0 Å². The number of carbonyl (C=O) groups excluding carboxylic acids is 3. The first-order valence-electron chi connectivity index (χ1n) is 31.0. The lowest BCUT2D eigenvalue weighted by atomic mass is 9.82. The van der Waals surface area contributed by atoms with Gasteiger partial charge in [0.15, 0.2) is 20.2 Å². The maximum Gasteiger partial charge on any atom is 0.498 e. The quantitative estimate of drug-likeness (QED) is 0.0417. The summed E-state index contributed by atoms with van der Waals surface area (Å²) in [6.45, 7) is 34.0. The van der Waals surface area contributed by atoms with Crippen molar-refractivity contribution < 1.29 is 47.4 Å². The highest BCUT2D eigenvalue weighted by Crippen LogP contribution is 2.37. The van der Waals surface area contributed by atoms with Crippen LogP contribution >= 0.6 is 23.2 Å². The van der Waals surface area contributed by atoms with Crippen LogP contribution in [0.2, 0.25) is 10.3 Å². The number of nitrogens with zero attached hydrogens (tertiary/aromatic N) is 16. The van der Waals surface area contributed by atoms with Gasteiger partial charge in [-0.2, -0.15) is 15.3 Å². The van der Waals surface area contributed by atoms with Gasteiger partial charge in [-0.25, -0.2) is 49.2 Å². The first kappa shape index (κ1) is 75.4. The van der Waals surface area contributed by atoms with Crippen LogP contribution in [0.25, 0.3) is 66.6 Å². The average Bonchev–Trinajstić information content (AvgIpc) is 1.64. The van der Waals surface area contributed by atoms with Crippen LogP contribution in [0, 0.1) is 16.2 Å². The van der Waals surface area contributed by atoms with Gasteiger partial charge in [-0.1, -0.05) is 30.6 Å². The molecule has 12 rings (SSSR count). The lowest BCUT2D eigenvalue weighted by Crippen LogP contribution is -2.41. The number of halogens is 2. The molecule has 0 radical (unpaired) electrons. The van der Waals surface area contributed by atoms with Crippen LogP contribution in [-0.2, 0) is 67.6 Å². The second kappa shape index (κ2) is 31.9. The zero-order valence-corrected chi connectivity index (χ0v) is 58.7. The largest absolute Gasteiger partial charge is 0.498 e. The van der Waals surface area contributed by atoms with Crippen LogP contribution < -0.4 is 5.46 Å². The number of aromatic nitrogens is 18. The number of fused-ring (bicyclic) bond motifs is 4. The molecule has 11 aromatic heterocycles. The predicted octanol–water partition coefficient (Wildman–Crippen LogP) is 12.4. The van der Waals surface area contributed by atoms with Crippen molar-refractivity contribution in [2.24, 2.45) is 16.2 Å². The summed E-state index contributed by atoms with van der Waals surface area (Å²) >= 11 is 11.7. The molecule has 2 N–H and O–H groups in total. The molecule has 2 unspecified atom stereocenters. The molecule has 0 spiro atoms. The molecule has 0 aromatic carbocycles. The Morgan fingerprint density at radius 2 is 0.979 bits per heavy atom. The number of hydrogen-bond donors (Lipinski definition) is 2. The van der Waals surface area contributed by atoms with Gasteiger partial charge in [0.1, 0.15) is 70.7 Å². The molecule has 1 aliphatic rings. The van der Waals surface area contributed by atoms with E-state index >= 15 is 0 Å². The lowest BCUT2D eigenvalue weighted by Gasteiger charge is -2.32. The number of carbonyl (C=O) groups is 3. The Balaban J connectivity index is 0.000000175. The van der Waals surface area contributed by atoms with Gasteiger partial charge in [0.05, 0.1) is 62.0 Å². The van der Waals surface area contributed by atoms with Gasteiger partial charge in [-0.15, -0.1) is 0 Å². The van der Waals surface area contributed by atoms with Crippen LogP contribution in [0.3, 0.4) is 0 Å². The molecule has 11 aromatic rings. The van der Waals surface area contributed by atoms with Gasteiger partial charge in [0, 0.05) is 90.2 Å². The topological polar surface area (TPSA) is 314 Å². The zero-order chi connectivity index (χ0) is 69.9. The van der Waals surface area contributed by atoms with E-state index < -0.39 is 16.2 Å². The van der Waals surface area contributed by atoms with E-state index in [4.69, 9.17) is 56.2 Å². The molecule has 97 heavy (non-hydrogen) atoms. The van der Waals surface area contributed by atoms with Crippen LogP contribution in [0.1, 0.15) is 138 Å². The molecule has 0 aliphatic carbocycles. The van der Waals surface area contributed by atoms with Crippen molar-refractivity contribution in [3.05, 3.63) is 122 Å². The Labute approximate surface area is 573 Å². The summed E-state index contributed by atoms with van der Waals surface area (Å²) in [6, 6.07) is 7.46. The Kier molecular flexibility index (Phi) is 24.8. The number of rotatable bonds is 15. The minimum absolute atomic E-state index is 0. The van der Waals surface area contributed by atoms with E-state index in [0.717, 1.165) is 55.2 Å². The number of hydrogen-bond acceptors (Lipinski definition) is 21. The van der Waals surface area contributed by atoms with Crippen LogP contribution in [0.4, 0.5) is 0 Å². The van der Waals surface area contributed by atoms with Gasteiger partial charge in [-0.3, -0.25) is 33.2 Å². The summed E-state index contributed by atoms with van der Waals surface area (Å²) in [6.07, 6.45) is 23.6. The SMILES string of the molecule is C.CC(C)(C)C(=O)OCn1ccc2c(-c3cn[nH]c3)ncnc21.CC(C)(C)C(=O)OCn1ccc2c(Cl)ncnc21.CCOC(C)n1cc(-c2ncnc3c2ccn3COC(=O)C(C)(C)C)cn1.CCOC(C)n1cc(B2OC(C)(C)C(C)(C)O2)cn1.Clc1ncnc2[nH]ccc12. The molecular weight excluding hydrogens is 1290 g/mol. The van der Waals surface area contributed by atoms with Crippen molar-refractivity contribution in [1.29, 1.82) is 0 Å². The fourth-order valence-corrected chi connectivity index (χ4v) is 9.34. The van der Waals surface area contributed by atoms with Crippen LogP contribution in [0.5, 0.6) is 0 Å². The van der Waals surface area contributed by atoms with Gasteiger partial charge in [0.2, 0.25) is 0 Å². The minimum atomic E-state index is -0.547. The minimum Gasteiger partial charge on any atom is -0.443 e. The number of aromatic amines is 2. The van der Waals surface area contributed by atoms with Crippen molar-refractivity contribution in [2.75, 3.05) is 13.2 Å². The van der Waals surface area contributed by atoms with E-state index in [1.165, 1.54) is 25.3 Å². The summed E-state index contributed by atoms with van der Waals surface area (Å²) < 4.78 is 47.8. The summed E-state index contributed by atoms with van der Waals surface area (Å²) in [5.74, 6) is -0.771. The number of esters is 3. The molecule has 1 fully saturated rings. The number of ether oxygens (including phenoxy) is 5. The Morgan fingerprint density at radius 1 is 0.557 bits per heavy atom. The highest BCUT2D eigenvalue weighted by molar-refractivity contribution is 6.62. The fraction of sp³-hybridized carbons (Fsp3) is 0.455. The third-order valence-corrected chi connectivity index (χ3v) is 15.7. The average molecular weight is 1370 g/mol. The summed E-state index contributed by atoms with van der Waals surface area (Å²) in [4.78, 5) is 71.6. The molecule has 0 amide bonds. The first-order valence-corrected chi connectivity index (χ1v) is 31.7. The summed E-state index contributed by atoms with van der Waals surface area (Å²) in [5.41, 5.74) is 4.84. The van der Waals surface area contributed by atoms with Crippen molar-refractivity contribution >= 4 is 97.8 Å². The Hall–Kier alpha value is -9.00. The highest BCUT2D eigenvalue weighted by atomic mass is 35.5. The van der Waals surface area contributed by atoms with Gasteiger partial charge >= 0.3 is 25.0 Å². The maximum atomic E-state index is 12.0. The highest BCUT2D eigenvalue weighted by Gasteiger charge is 2.52. The third-order valence-electron chi connectivity index (χ3n) is 15.1. The molecule has 1 saturated heterocycles. The van der Waals surface area contributed by atoms with E-state index in [9.17, 15) is 14.4 Å². The monoisotopic (exact) mass is 1370 g/mol. The smallest absolute Gasteiger partial charge is 0.443 e. The number of H-pyrrole nitrogens is 2. The third kappa shape index (κ3) is 18.8. The van der Waals surface area contributed by atoms with Crippen LogP contribution in [-0.4, -0.2) is 138 Å². The molecule has 2 atom stereocenters. The molecule has 28 nitrogen and oxygen atoms in total. The van der Waals surface area contributed by atoms with Crippen molar-refractivity contribution in [2.45, 2.75) is 169 Å². The second-order valence-corrected chi connectivity index (χ2v) is 26.9. The van der Waals surface area contributed by atoms with Crippen molar-refractivity contribution in [1.82, 2.24) is 88.3 Å². The zero-order valence-electron chi connectivity index (χ0n) is 57.2. The fourth-order valence-electron chi connectivity index (χ4n) is 8.95. The van der Waals surface area contributed by atoms with E-state index in [2.05, 4.69) is 65.3 Å². The van der Waals surface area contributed by atoms with Crippen molar-refractivity contribution in [3.63, 3.8) is 0 Å². The van der Waals surface area contributed by atoms with Gasteiger partial charge in [-0.05, 0) is 142 Å². The van der Waals surface area contributed by atoms with Gasteiger partial charge < -0.3 is 38.0 Å². The Morgan fingerprint density at radius 3 is 1.43 bits per heavy atom. The molecular formula is C66H87BCl2N18O10. The normalized spacial score (nSPS) is 14.0. The molecule has 518 valence electrons. The maximum absolute atomic E-state index is 12.0. The second-order valence-electron chi connectivity index (χ2n) is 26.2. The first-order chi connectivity index (χ1) is 45.3. The van der Waals surface area contributed by atoms with E-state index in [-0.39, 0.29) is 76.3 Å². The van der Waals surface area contributed by atoms with E-state index in [0.29, 0.717) is 40.5 Å². The van der Waals surface area contributed by atoms with E-state index in [1.54, 1.807) is 66.3 Å². The molecule has 0 saturated carbocycles. The predicted molar refractivity (Wildman–Crippen MR) is 369 cm³/mol. The van der Waals surface area contributed by atoms with Crippen molar-refractivity contribution in [3.8, 4) is 22.5 Å². The molecule has 31 heteroatoms. The van der Waals surface area contributed by atoms with E-state index in [1.807, 2.05) is 161 Å². The standard InChI is InChI=1S/C19H25N5O3.C15H17N5O2.C13H23BN2O3.C12H14ClN3O2.C6H4ClN3.CH4/c1-6-26-13(2)24-10-14(9-22-24)16-15-7-8-23(17(15)21-11-20-16)12-27-18(25)19(3,4)5;1-15(2,3)14(21)22-9-20-5-4-11-12(10-6-18-19-7-10)16-8-17-13(11)20;1-7-17-10(2)16-9-11(8-15-16)14-18-12(3,4)13(5,6)19-14;1-12(2,3)11(17)18-7-16-5-4-8-9(13)14-6-15-10(8)16;7-5-4-1-2-8-6(4)10-3-9-5;/h7-11,13H,6,12H2,1-5H3;4-8H,9H2,1-3H3,(H,18,19);8-10H,7H2,1-6H3;4-6H,7H2,1-3H3;1-3H,(H,8,9,10);1H4. The summed E-state index contributed by atoms with van der Waals surface area (Å²) in [5, 5.41) is 19.6. The molecule has 0 bridgehead atoms. The lowest BCUT2D eigenvalue weighted by molar-refractivity contribution is -0.157. The number of nitrogens with one attached hydrogen (secondary N) is 2. The Bertz CT molecular complexity index is 4370.